The smallest absolute Gasteiger partial charge is 0.113 e. The van der Waals surface area contributed by atoms with Crippen LogP contribution in [0.5, 0.6) is 0 Å². The molecule has 0 aliphatic carbocycles. The third-order valence-corrected chi connectivity index (χ3v) is 9.96. The Balaban J connectivity index is 1.60. The van der Waals surface area contributed by atoms with Gasteiger partial charge in [0.2, 0.25) is 0 Å². The van der Waals surface area contributed by atoms with E-state index in [2.05, 4.69) is 0 Å². The lowest BCUT2D eigenvalue weighted by Gasteiger charge is -2.30. The molecule has 0 saturated heterocycles. The molecule has 0 N–H and O–H groups in total. The van der Waals surface area contributed by atoms with Crippen molar-refractivity contribution in [2.45, 2.75) is 5.11 Å². The van der Waals surface area contributed by atoms with Crippen molar-refractivity contribution in [2.75, 3.05) is 0 Å². The number of hydrogen-bond donors (Lipinski definition) is 0. The molecule has 2 nitrogen and oxygen atoms in total. The highest BCUT2D eigenvalue weighted by atomic mass is 15.1. The minimum atomic E-state index is -1.84. The predicted octanol–water partition coefficient (Wildman–Crippen LogP) is -0.701. The molecular formula is C40H17B11N2. The minimum Gasteiger partial charge on any atom is -0.297 e. The molecule has 0 fully saturated rings. The maximum absolute atomic E-state index is 7.01. The largest absolute Gasteiger partial charge is 0.297 e. The van der Waals surface area contributed by atoms with E-state index in [0.717, 1.165) is 16.7 Å². The highest BCUT2D eigenvalue weighted by molar-refractivity contribution is 6.71. The van der Waals surface area contributed by atoms with Gasteiger partial charge in [0.1, 0.15) is 62.8 Å². The van der Waals surface area contributed by atoms with Crippen LogP contribution in [0.25, 0.3) is 71.6 Å². The van der Waals surface area contributed by atoms with Crippen LogP contribution < -0.4 is 43.7 Å². The van der Waals surface area contributed by atoms with Gasteiger partial charge in [-0.05, 0) is 67.6 Å². The zero-order valence-electron chi connectivity index (χ0n) is 28.6. The first kappa shape index (κ1) is 35.3. The average molecular weight is 645 g/mol. The lowest BCUT2D eigenvalue weighted by Crippen LogP contribution is -2.50. The Kier molecular flexibility index (Phi) is 8.64. The van der Waals surface area contributed by atoms with Crippen LogP contribution in [0.3, 0.4) is 0 Å². The van der Waals surface area contributed by atoms with Crippen LogP contribution >= 0.6 is 0 Å². The maximum Gasteiger partial charge on any atom is 0.113 e. The molecule has 0 bridgehead atoms. The number of benzene rings is 7. The van der Waals surface area contributed by atoms with Crippen LogP contribution in [0.1, 0.15) is 5.82 Å². The van der Waals surface area contributed by atoms with Crippen molar-refractivity contribution in [1.29, 1.82) is 0 Å². The molecule has 0 aliphatic heterocycles. The van der Waals surface area contributed by atoms with Gasteiger partial charge in [-0.25, -0.2) is 4.98 Å². The third kappa shape index (κ3) is 5.45. The summed E-state index contributed by atoms with van der Waals surface area (Å²) >= 11 is 0. The molecule has 0 aliphatic rings. The van der Waals surface area contributed by atoms with E-state index in [4.69, 9.17) is 91.3 Å². The summed E-state index contributed by atoms with van der Waals surface area (Å²) in [6, 6.07) is 33.0. The Morgan fingerprint density at radius 2 is 0.849 bits per heavy atom. The molecule has 0 saturated carbocycles. The molecule has 0 spiro atoms. The Bertz CT molecular complexity index is 2710. The molecule has 22 radical (unpaired) electrons. The average Bonchev–Trinajstić information content (AvgIpc) is 3.57. The van der Waals surface area contributed by atoms with E-state index >= 15 is 0 Å². The number of imidazole rings is 1. The summed E-state index contributed by atoms with van der Waals surface area (Å²) in [4.78, 5) is 4.74. The van der Waals surface area contributed by atoms with Crippen molar-refractivity contribution in [2.24, 2.45) is 0 Å². The van der Waals surface area contributed by atoms with Crippen molar-refractivity contribution < 1.29 is 0 Å². The molecule has 0 unspecified atom stereocenters. The van der Waals surface area contributed by atoms with Crippen molar-refractivity contribution in [3.8, 4) is 39.1 Å². The van der Waals surface area contributed by atoms with Gasteiger partial charge in [0.05, 0.1) is 46.1 Å². The molecule has 1 heterocycles. The Labute approximate surface area is 323 Å². The fraction of sp³-hybridized carbons (Fsp3) is 0.0250. The molecule has 8 aromatic rings. The summed E-state index contributed by atoms with van der Waals surface area (Å²) < 4.78 is 1.80. The van der Waals surface area contributed by atoms with Gasteiger partial charge < -0.3 is 0 Å². The molecule has 0 amide bonds. The molecule has 0 atom stereocenters. The summed E-state index contributed by atoms with van der Waals surface area (Å²) in [5.41, 5.74) is 7.60. The quantitative estimate of drug-likeness (QED) is 0.179. The van der Waals surface area contributed by atoms with Gasteiger partial charge in [-0.15, -0.1) is 21.9 Å². The van der Waals surface area contributed by atoms with E-state index < -0.39 is 5.11 Å². The summed E-state index contributed by atoms with van der Waals surface area (Å²) in [5.74, 6) is 0.197. The van der Waals surface area contributed by atoms with Crippen molar-refractivity contribution >= 4 is 163 Å². The topological polar surface area (TPSA) is 17.8 Å². The zero-order valence-corrected chi connectivity index (χ0v) is 28.6. The fourth-order valence-electron chi connectivity index (χ4n) is 7.40. The first-order valence-corrected chi connectivity index (χ1v) is 16.7. The highest BCUT2D eigenvalue weighted by Gasteiger charge is 2.28. The summed E-state index contributed by atoms with van der Waals surface area (Å²) in [6.45, 7) is 0. The van der Waals surface area contributed by atoms with E-state index in [9.17, 15) is 0 Å². The number of aromatic nitrogens is 2. The summed E-state index contributed by atoms with van der Waals surface area (Å²) in [5, 5.41) is 0.0945. The number of rotatable bonds is 5. The van der Waals surface area contributed by atoms with E-state index in [0.29, 0.717) is 55.0 Å². The predicted molar refractivity (Wildman–Crippen MR) is 234 cm³/mol. The van der Waals surface area contributed by atoms with E-state index in [-0.39, 0.29) is 49.5 Å². The van der Waals surface area contributed by atoms with Crippen LogP contribution in [-0.4, -0.2) is 95.9 Å². The van der Waals surface area contributed by atoms with Gasteiger partial charge in [0.15, 0.2) is 0 Å². The molecule has 53 heavy (non-hydrogen) atoms. The van der Waals surface area contributed by atoms with E-state index in [1.165, 1.54) is 0 Å². The Morgan fingerprint density at radius 3 is 1.40 bits per heavy atom. The van der Waals surface area contributed by atoms with Crippen LogP contribution in [0, 0.1) is 0 Å². The zero-order chi connectivity index (χ0) is 37.5. The highest BCUT2D eigenvalue weighted by Crippen LogP contribution is 2.43. The second kappa shape index (κ2) is 13.0. The minimum absolute atomic E-state index is 0.104. The van der Waals surface area contributed by atoms with Crippen LogP contribution in [0.15, 0.2) is 103 Å². The SMILES string of the molecule is [B]c1c([B])c([B])c2c(-c3ccccc3-n3c(C([B])([B])[B])nc4ccccc43)c3c([B])c([B])c([B])c([B])c3c(-c3ccc(-c4ccccc4)cc3)c2c1[B]. The maximum atomic E-state index is 7.01. The van der Waals surface area contributed by atoms with Gasteiger partial charge in [0.25, 0.3) is 0 Å². The van der Waals surface area contributed by atoms with Gasteiger partial charge in [-0.2, -0.15) is 0 Å². The van der Waals surface area contributed by atoms with E-state index in [1.807, 2.05) is 103 Å². The molecule has 13 heteroatoms. The van der Waals surface area contributed by atoms with Crippen molar-refractivity contribution in [3.05, 3.63) is 109 Å². The third-order valence-electron chi connectivity index (χ3n) is 9.96. The normalized spacial score (nSPS) is 11.8. The number of para-hydroxylation sites is 3. The molecular weight excluding hydrogens is 627 g/mol. The number of hydrogen-bond acceptors (Lipinski definition) is 1. The van der Waals surface area contributed by atoms with Crippen LogP contribution in [-0.2, 0) is 5.11 Å². The van der Waals surface area contributed by atoms with Crippen LogP contribution in [0.2, 0.25) is 0 Å². The van der Waals surface area contributed by atoms with E-state index in [1.54, 1.807) is 4.57 Å². The van der Waals surface area contributed by atoms with Crippen molar-refractivity contribution in [1.82, 2.24) is 9.55 Å². The summed E-state index contributed by atoms with van der Waals surface area (Å²) in [6.07, 6.45) is 0. The number of nitrogens with zero attached hydrogens (tertiary/aromatic N) is 2. The van der Waals surface area contributed by atoms with Crippen LogP contribution in [0.4, 0.5) is 0 Å². The lowest BCUT2D eigenvalue weighted by atomic mass is 9.42. The molecule has 1 aromatic heterocycles. The van der Waals surface area contributed by atoms with Gasteiger partial charge in [0, 0.05) is 5.56 Å². The van der Waals surface area contributed by atoms with Gasteiger partial charge >= 0.3 is 0 Å². The Hall–Kier alpha value is -4.76. The van der Waals surface area contributed by atoms with Crippen molar-refractivity contribution in [3.63, 3.8) is 0 Å². The summed E-state index contributed by atoms with van der Waals surface area (Å²) in [7, 11) is 73.5. The first-order chi connectivity index (χ1) is 25.3. The standard InChI is InChI=1S/C40H17B11N2/c41-31-27-25(20-16-14-19(15-17-20)18-8-2-1-3-9-18)28-30(34(44)38(48)36(46)32(28)42)26(29(27)33(43)37(47)35(31)45)21-10-4-6-12-23(21)53-24-13-7-5-11-22(24)52-39(53)40(49,50)51/h1-17H. The fourth-order valence-corrected chi connectivity index (χ4v) is 7.40. The van der Waals surface area contributed by atoms with Gasteiger partial charge in [-0.1, -0.05) is 112 Å². The monoisotopic (exact) mass is 646 g/mol. The molecule has 8 rings (SSSR count). The second-order valence-electron chi connectivity index (χ2n) is 13.2. The molecule has 7 aromatic carbocycles. The number of fused-ring (bicyclic) bond motifs is 3. The lowest BCUT2D eigenvalue weighted by molar-refractivity contribution is 0.931. The Morgan fingerprint density at radius 1 is 0.415 bits per heavy atom. The first-order valence-electron chi connectivity index (χ1n) is 16.7. The molecule has 220 valence electrons. The van der Waals surface area contributed by atoms with Gasteiger partial charge in [-0.3, -0.25) is 4.57 Å². The second-order valence-corrected chi connectivity index (χ2v) is 13.2.